The van der Waals surface area contributed by atoms with Crippen LogP contribution in [0, 0.1) is 0 Å². The topological polar surface area (TPSA) is 95.9 Å². The minimum atomic E-state index is -0.407. The summed E-state index contributed by atoms with van der Waals surface area (Å²) in [4.78, 5) is 21.6. The third kappa shape index (κ3) is 2.40. The Kier molecular flexibility index (Phi) is 3.23. The molecule has 0 aliphatic heterocycles. The van der Waals surface area contributed by atoms with Crippen LogP contribution in [-0.4, -0.2) is 31.7 Å². The quantitative estimate of drug-likeness (QED) is 0.671. The lowest BCUT2D eigenvalue weighted by molar-refractivity contribution is 0.413. The molecule has 3 N–H and O–H groups in total. The maximum atomic E-state index is 12.1. The zero-order chi connectivity index (χ0) is 14.8. The van der Waals surface area contributed by atoms with Gasteiger partial charge < -0.3 is 19.8 Å². The summed E-state index contributed by atoms with van der Waals surface area (Å²) in [6, 6.07) is 6.91. The highest BCUT2D eigenvalue weighted by atomic mass is 16.5. The Hall–Kier alpha value is -2.96. The first-order chi connectivity index (χ1) is 10.2. The molecular weight excluding hydrogens is 272 g/mol. The maximum absolute atomic E-state index is 12.1. The molecule has 0 atom stereocenters. The van der Waals surface area contributed by atoms with Gasteiger partial charge in [-0.25, -0.2) is 14.3 Å². The van der Waals surface area contributed by atoms with E-state index >= 15 is 0 Å². The van der Waals surface area contributed by atoms with Crippen molar-refractivity contribution in [1.82, 2.24) is 19.5 Å². The standard InChI is InChI=1S/C14H14N4O3/c1-21-11-4-2-3-10(6-11)18-13(19)12(17-14(18)20)5-9-7-15-8-16-9/h2-4,6-8,19H,5H2,1H3,(H,15,16)(H,17,20). The van der Waals surface area contributed by atoms with Gasteiger partial charge in [-0.3, -0.25) is 0 Å². The molecule has 108 valence electrons. The highest BCUT2D eigenvalue weighted by molar-refractivity contribution is 5.43. The third-order valence-electron chi connectivity index (χ3n) is 3.18. The van der Waals surface area contributed by atoms with Gasteiger partial charge in [0, 0.05) is 24.4 Å². The fourth-order valence-electron chi connectivity index (χ4n) is 2.16. The molecule has 0 unspecified atom stereocenters. The zero-order valence-electron chi connectivity index (χ0n) is 11.3. The molecule has 7 nitrogen and oxygen atoms in total. The van der Waals surface area contributed by atoms with Crippen LogP contribution < -0.4 is 10.4 Å². The van der Waals surface area contributed by atoms with Crippen LogP contribution in [0.1, 0.15) is 11.4 Å². The number of ether oxygens (including phenoxy) is 1. The molecule has 2 aromatic heterocycles. The van der Waals surface area contributed by atoms with Crippen molar-refractivity contribution >= 4 is 0 Å². The molecule has 0 aliphatic carbocycles. The van der Waals surface area contributed by atoms with E-state index in [2.05, 4.69) is 15.0 Å². The normalized spacial score (nSPS) is 10.7. The molecule has 0 spiro atoms. The van der Waals surface area contributed by atoms with Crippen LogP contribution in [0.4, 0.5) is 0 Å². The number of hydrogen-bond acceptors (Lipinski definition) is 4. The van der Waals surface area contributed by atoms with Crippen molar-refractivity contribution in [3.63, 3.8) is 0 Å². The van der Waals surface area contributed by atoms with Gasteiger partial charge in [-0.2, -0.15) is 0 Å². The molecule has 21 heavy (non-hydrogen) atoms. The summed E-state index contributed by atoms with van der Waals surface area (Å²) in [6.45, 7) is 0. The summed E-state index contributed by atoms with van der Waals surface area (Å²) in [7, 11) is 1.54. The number of nitrogens with zero attached hydrogens (tertiary/aromatic N) is 2. The molecule has 3 rings (SSSR count). The number of aromatic nitrogens is 4. The van der Waals surface area contributed by atoms with E-state index in [1.807, 2.05) is 0 Å². The van der Waals surface area contributed by atoms with Crippen molar-refractivity contribution in [2.45, 2.75) is 6.42 Å². The summed E-state index contributed by atoms with van der Waals surface area (Å²) in [5, 5.41) is 10.3. The Morgan fingerprint density at radius 2 is 2.29 bits per heavy atom. The fraction of sp³-hybridized carbons (Fsp3) is 0.143. The van der Waals surface area contributed by atoms with E-state index in [0.717, 1.165) is 5.69 Å². The van der Waals surface area contributed by atoms with E-state index < -0.39 is 5.69 Å². The van der Waals surface area contributed by atoms with Gasteiger partial charge in [0.15, 0.2) is 0 Å². The van der Waals surface area contributed by atoms with Crippen LogP contribution in [-0.2, 0) is 6.42 Å². The molecule has 0 fully saturated rings. The van der Waals surface area contributed by atoms with Crippen molar-refractivity contribution in [1.29, 1.82) is 0 Å². The maximum Gasteiger partial charge on any atom is 0.333 e. The molecule has 2 heterocycles. The van der Waals surface area contributed by atoms with Crippen LogP contribution in [0.15, 0.2) is 41.6 Å². The van der Waals surface area contributed by atoms with E-state index in [4.69, 9.17) is 4.74 Å². The average Bonchev–Trinajstić information content (AvgIpc) is 3.08. The molecule has 0 aliphatic rings. The van der Waals surface area contributed by atoms with Crippen molar-refractivity contribution in [3.8, 4) is 17.3 Å². The van der Waals surface area contributed by atoms with Gasteiger partial charge in [0.1, 0.15) is 5.75 Å². The van der Waals surface area contributed by atoms with Gasteiger partial charge >= 0.3 is 5.69 Å². The first kappa shape index (κ1) is 13.0. The first-order valence-corrected chi connectivity index (χ1v) is 6.33. The number of benzene rings is 1. The Morgan fingerprint density at radius 1 is 1.43 bits per heavy atom. The van der Waals surface area contributed by atoms with Crippen LogP contribution in [0.2, 0.25) is 0 Å². The number of aromatic amines is 2. The molecule has 0 amide bonds. The number of imidazole rings is 2. The number of hydrogen-bond donors (Lipinski definition) is 3. The van der Waals surface area contributed by atoms with Gasteiger partial charge in [-0.1, -0.05) is 6.07 Å². The fourth-order valence-corrected chi connectivity index (χ4v) is 2.16. The van der Waals surface area contributed by atoms with Gasteiger partial charge in [0.05, 0.1) is 24.8 Å². The molecule has 1 aromatic carbocycles. The number of H-pyrrole nitrogens is 2. The van der Waals surface area contributed by atoms with Crippen molar-refractivity contribution in [2.75, 3.05) is 7.11 Å². The minimum absolute atomic E-state index is 0.122. The lowest BCUT2D eigenvalue weighted by Crippen LogP contribution is -2.14. The summed E-state index contributed by atoms with van der Waals surface area (Å²) in [5.74, 6) is 0.484. The smallest absolute Gasteiger partial charge is 0.333 e. The predicted molar refractivity (Wildman–Crippen MR) is 76.0 cm³/mol. The number of nitrogens with one attached hydrogen (secondary N) is 2. The summed E-state index contributed by atoms with van der Waals surface area (Å²) < 4.78 is 6.33. The number of aromatic hydroxyl groups is 1. The number of rotatable bonds is 4. The highest BCUT2D eigenvalue weighted by Crippen LogP contribution is 2.22. The van der Waals surface area contributed by atoms with E-state index in [-0.39, 0.29) is 5.88 Å². The van der Waals surface area contributed by atoms with E-state index in [1.54, 1.807) is 43.9 Å². The molecule has 7 heteroatoms. The second kappa shape index (κ2) is 5.20. The van der Waals surface area contributed by atoms with Gasteiger partial charge in [-0.05, 0) is 12.1 Å². The molecule has 3 aromatic rings. The largest absolute Gasteiger partial charge is 0.497 e. The van der Waals surface area contributed by atoms with Crippen molar-refractivity contribution in [3.05, 3.63) is 58.7 Å². The van der Waals surface area contributed by atoms with Crippen molar-refractivity contribution in [2.24, 2.45) is 0 Å². The van der Waals surface area contributed by atoms with E-state index in [1.165, 1.54) is 4.57 Å². The second-order valence-corrected chi connectivity index (χ2v) is 4.52. The van der Waals surface area contributed by atoms with Crippen LogP contribution in [0.25, 0.3) is 5.69 Å². The lowest BCUT2D eigenvalue weighted by Gasteiger charge is -2.06. The monoisotopic (exact) mass is 286 g/mol. The molecule has 0 bridgehead atoms. The van der Waals surface area contributed by atoms with Gasteiger partial charge in [0.25, 0.3) is 0 Å². The molecule has 0 radical (unpaired) electrons. The Balaban J connectivity index is 2.03. The van der Waals surface area contributed by atoms with E-state index in [9.17, 15) is 9.90 Å². The second-order valence-electron chi connectivity index (χ2n) is 4.52. The summed E-state index contributed by atoms with van der Waals surface area (Å²) in [5.41, 5.74) is 1.34. The van der Waals surface area contributed by atoms with Crippen LogP contribution >= 0.6 is 0 Å². The van der Waals surface area contributed by atoms with E-state index in [0.29, 0.717) is 23.6 Å². The Labute approximate surface area is 119 Å². The first-order valence-electron chi connectivity index (χ1n) is 6.33. The molecular formula is C14H14N4O3. The molecule has 0 saturated heterocycles. The summed E-state index contributed by atoms with van der Waals surface area (Å²) in [6.07, 6.45) is 3.54. The molecule has 0 saturated carbocycles. The predicted octanol–water partition coefficient (Wildman–Crippen LogP) is 1.19. The Morgan fingerprint density at radius 3 is 3.00 bits per heavy atom. The SMILES string of the molecule is COc1cccc(-n2c(O)c(Cc3cnc[nH]3)[nH]c2=O)c1. The highest BCUT2D eigenvalue weighted by Gasteiger charge is 2.15. The minimum Gasteiger partial charge on any atom is -0.497 e. The van der Waals surface area contributed by atoms with Crippen molar-refractivity contribution < 1.29 is 9.84 Å². The third-order valence-corrected chi connectivity index (χ3v) is 3.18. The zero-order valence-corrected chi connectivity index (χ0v) is 11.3. The summed E-state index contributed by atoms with van der Waals surface area (Å²) >= 11 is 0. The Bertz CT molecular complexity index is 802. The van der Waals surface area contributed by atoms with Crippen LogP contribution in [0.3, 0.4) is 0 Å². The lowest BCUT2D eigenvalue weighted by atomic mass is 10.2. The van der Waals surface area contributed by atoms with Crippen LogP contribution in [0.5, 0.6) is 11.6 Å². The van der Waals surface area contributed by atoms with Gasteiger partial charge in [-0.15, -0.1) is 0 Å². The number of methoxy groups -OCH3 is 1. The average molecular weight is 286 g/mol. The van der Waals surface area contributed by atoms with Gasteiger partial charge in [0.2, 0.25) is 5.88 Å².